The van der Waals surface area contributed by atoms with Crippen LogP contribution >= 0.6 is 0 Å². The van der Waals surface area contributed by atoms with Gasteiger partial charge in [0.2, 0.25) is 0 Å². The van der Waals surface area contributed by atoms with Crippen molar-refractivity contribution in [3.05, 3.63) is 29.8 Å². The van der Waals surface area contributed by atoms with E-state index in [1.807, 2.05) is 6.92 Å². The van der Waals surface area contributed by atoms with Crippen LogP contribution in [0.2, 0.25) is 0 Å². The van der Waals surface area contributed by atoms with Gasteiger partial charge < -0.3 is 10.5 Å². The molecule has 3 heteroatoms. The first-order valence-electron chi connectivity index (χ1n) is 7.53. The SMILES string of the molecule is CCOc1ccc(C2C(N)CCCN2C2CC2)cc1. The van der Waals surface area contributed by atoms with E-state index in [0.717, 1.165) is 24.8 Å². The van der Waals surface area contributed by atoms with Crippen molar-refractivity contribution in [2.24, 2.45) is 5.73 Å². The van der Waals surface area contributed by atoms with E-state index in [2.05, 4.69) is 29.2 Å². The maximum atomic E-state index is 6.39. The lowest BCUT2D eigenvalue weighted by atomic mass is 9.90. The molecule has 1 saturated carbocycles. The second-order valence-corrected chi connectivity index (χ2v) is 5.72. The highest BCUT2D eigenvalue weighted by Crippen LogP contribution is 2.39. The molecule has 19 heavy (non-hydrogen) atoms. The summed E-state index contributed by atoms with van der Waals surface area (Å²) in [4.78, 5) is 2.63. The van der Waals surface area contributed by atoms with Gasteiger partial charge in [0.05, 0.1) is 12.6 Å². The molecule has 0 amide bonds. The number of nitrogens with two attached hydrogens (primary N) is 1. The van der Waals surface area contributed by atoms with Crippen molar-refractivity contribution in [3.8, 4) is 5.75 Å². The van der Waals surface area contributed by atoms with Gasteiger partial charge in [-0.1, -0.05) is 12.1 Å². The van der Waals surface area contributed by atoms with Crippen LogP contribution in [0.1, 0.15) is 44.2 Å². The van der Waals surface area contributed by atoms with E-state index in [1.54, 1.807) is 0 Å². The Bertz CT molecular complexity index is 413. The Morgan fingerprint density at radius 3 is 2.58 bits per heavy atom. The van der Waals surface area contributed by atoms with Crippen LogP contribution in [-0.4, -0.2) is 30.1 Å². The predicted octanol–water partition coefficient (Wildman–Crippen LogP) is 2.71. The largest absolute Gasteiger partial charge is 0.494 e. The van der Waals surface area contributed by atoms with Gasteiger partial charge in [0.1, 0.15) is 5.75 Å². The zero-order valence-electron chi connectivity index (χ0n) is 11.7. The Morgan fingerprint density at radius 1 is 1.21 bits per heavy atom. The molecule has 1 aliphatic heterocycles. The number of nitrogens with zero attached hydrogens (tertiary/aromatic N) is 1. The average Bonchev–Trinajstić information content (AvgIpc) is 3.24. The summed E-state index contributed by atoms with van der Waals surface area (Å²) in [5, 5.41) is 0. The molecular formula is C16H24N2O. The standard InChI is InChI=1S/C16H24N2O/c1-2-19-14-9-5-12(6-10-14)16-15(17)4-3-11-18(16)13-7-8-13/h5-6,9-10,13,15-16H,2-4,7-8,11,17H2,1H3. The molecule has 0 bridgehead atoms. The second-order valence-electron chi connectivity index (χ2n) is 5.72. The molecule has 0 radical (unpaired) electrons. The van der Waals surface area contributed by atoms with Crippen molar-refractivity contribution in [2.45, 2.75) is 50.7 Å². The predicted molar refractivity (Wildman–Crippen MR) is 77.3 cm³/mol. The monoisotopic (exact) mass is 260 g/mol. The summed E-state index contributed by atoms with van der Waals surface area (Å²) in [5.41, 5.74) is 7.74. The molecule has 1 heterocycles. The number of benzene rings is 1. The Labute approximate surface area is 115 Å². The fraction of sp³-hybridized carbons (Fsp3) is 0.625. The van der Waals surface area contributed by atoms with Gasteiger partial charge in [-0.25, -0.2) is 0 Å². The summed E-state index contributed by atoms with van der Waals surface area (Å²) in [6, 6.07) is 9.98. The first-order chi connectivity index (χ1) is 9.29. The van der Waals surface area contributed by atoms with Crippen molar-refractivity contribution in [1.29, 1.82) is 0 Å². The minimum atomic E-state index is 0.271. The lowest BCUT2D eigenvalue weighted by molar-refractivity contribution is 0.120. The van der Waals surface area contributed by atoms with Gasteiger partial charge in [0.25, 0.3) is 0 Å². The highest BCUT2D eigenvalue weighted by atomic mass is 16.5. The number of likely N-dealkylation sites (tertiary alicyclic amines) is 1. The Kier molecular flexibility index (Phi) is 3.76. The second kappa shape index (κ2) is 5.51. The van der Waals surface area contributed by atoms with E-state index in [-0.39, 0.29) is 6.04 Å². The molecule has 3 nitrogen and oxygen atoms in total. The van der Waals surface area contributed by atoms with Crippen molar-refractivity contribution in [2.75, 3.05) is 13.2 Å². The molecule has 2 aliphatic rings. The van der Waals surface area contributed by atoms with Crippen molar-refractivity contribution in [3.63, 3.8) is 0 Å². The number of hydrogen-bond donors (Lipinski definition) is 1. The molecule has 3 rings (SSSR count). The van der Waals surface area contributed by atoms with Crippen LogP contribution in [-0.2, 0) is 0 Å². The number of piperidine rings is 1. The van der Waals surface area contributed by atoms with Crippen molar-refractivity contribution in [1.82, 2.24) is 4.90 Å². The summed E-state index contributed by atoms with van der Waals surface area (Å²) in [6.07, 6.45) is 5.08. The van der Waals surface area contributed by atoms with E-state index in [4.69, 9.17) is 10.5 Å². The van der Waals surface area contributed by atoms with Crippen LogP contribution in [0.15, 0.2) is 24.3 Å². The third kappa shape index (κ3) is 2.77. The molecule has 1 aromatic carbocycles. The molecular weight excluding hydrogens is 236 g/mol. The molecule has 0 aromatic heterocycles. The lowest BCUT2D eigenvalue weighted by Gasteiger charge is -2.40. The molecule has 0 spiro atoms. The van der Waals surface area contributed by atoms with E-state index < -0.39 is 0 Å². The molecule has 1 aromatic rings. The van der Waals surface area contributed by atoms with Gasteiger partial charge in [-0.2, -0.15) is 0 Å². The molecule has 2 N–H and O–H groups in total. The molecule has 2 unspecified atom stereocenters. The topological polar surface area (TPSA) is 38.5 Å². The summed E-state index contributed by atoms with van der Waals surface area (Å²) >= 11 is 0. The third-order valence-corrected chi connectivity index (χ3v) is 4.27. The number of hydrogen-bond acceptors (Lipinski definition) is 3. The zero-order valence-corrected chi connectivity index (χ0v) is 11.7. The van der Waals surface area contributed by atoms with Crippen LogP contribution in [0.5, 0.6) is 5.75 Å². The highest BCUT2D eigenvalue weighted by molar-refractivity contribution is 5.30. The minimum absolute atomic E-state index is 0.271. The van der Waals surface area contributed by atoms with E-state index >= 15 is 0 Å². The third-order valence-electron chi connectivity index (χ3n) is 4.27. The van der Waals surface area contributed by atoms with Crippen LogP contribution in [0.25, 0.3) is 0 Å². The highest BCUT2D eigenvalue weighted by Gasteiger charge is 2.39. The van der Waals surface area contributed by atoms with E-state index in [0.29, 0.717) is 6.04 Å². The van der Waals surface area contributed by atoms with Crippen LogP contribution < -0.4 is 10.5 Å². The maximum absolute atomic E-state index is 6.39. The fourth-order valence-corrected chi connectivity index (χ4v) is 3.23. The molecule has 2 atom stereocenters. The lowest BCUT2D eigenvalue weighted by Crippen LogP contribution is -2.46. The quantitative estimate of drug-likeness (QED) is 0.904. The van der Waals surface area contributed by atoms with Gasteiger partial charge in [-0.3, -0.25) is 4.90 Å². The minimum Gasteiger partial charge on any atom is -0.494 e. The zero-order chi connectivity index (χ0) is 13.2. The smallest absolute Gasteiger partial charge is 0.119 e. The first-order valence-corrected chi connectivity index (χ1v) is 7.53. The molecule has 104 valence electrons. The van der Waals surface area contributed by atoms with Gasteiger partial charge in [0.15, 0.2) is 0 Å². The number of ether oxygens (including phenoxy) is 1. The Balaban J connectivity index is 1.80. The summed E-state index contributed by atoms with van der Waals surface area (Å²) in [6.45, 7) is 3.94. The molecule has 1 saturated heterocycles. The normalized spacial score (nSPS) is 28.3. The average molecular weight is 260 g/mol. The summed E-state index contributed by atoms with van der Waals surface area (Å²) in [5.74, 6) is 0.952. The van der Waals surface area contributed by atoms with Crippen LogP contribution in [0.4, 0.5) is 0 Å². The van der Waals surface area contributed by atoms with Crippen LogP contribution in [0.3, 0.4) is 0 Å². The van der Waals surface area contributed by atoms with E-state index in [9.17, 15) is 0 Å². The maximum Gasteiger partial charge on any atom is 0.119 e. The van der Waals surface area contributed by atoms with Crippen molar-refractivity contribution >= 4 is 0 Å². The molecule has 2 fully saturated rings. The number of rotatable bonds is 4. The first kappa shape index (κ1) is 12.9. The van der Waals surface area contributed by atoms with Gasteiger partial charge in [-0.15, -0.1) is 0 Å². The summed E-state index contributed by atoms with van der Waals surface area (Å²) < 4.78 is 5.52. The van der Waals surface area contributed by atoms with Crippen molar-refractivity contribution < 1.29 is 4.74 Å². The van der Waals surface area contributed by atoms with E-state index in [1.165, 1.54) is 31.4 Å². The van der Waals surface area contributed by atoms with Crippen LogP contribution in [0, 0.1) is 0 Å². The van der Waals surface area contributed by atoms with Gasteiger partial charge in [-0.05, 0) is 56.8 Å². The molecule has 1 aliphatic carbocycles. The fourth-order valence-electron chi connectivity index (χ4n) is 3.23. The van der Waals surface area contributed by atoms with Gasteiger partial charge >= 0.3 is 0 Å². The Hall–Kier alpha value is -1.06. The van der Waals surface area contributed by atoms with Gasteiger partial charge in [0, 0.05) is 12.1 Å². The Morgan fingerprint density at radius 2 is 1.95 bits per heavy atom. The summed E-state index contributed by atoms with van der Waals surface area (Å²) in [7, 11) is 0.